The van der Waals surface area contributed by atoms with E-state index in [1.54, 1.807) is 13.1 Å². The topological polar surface area (TPSA) is 109 Å². The minimum Gasteiger partial charge on any atom is -0.386 e. The number of nitrogens with zero attached hydrogens (tertiary/aromatic N) is 2. The lowest BCUT2D eigenvalue weighted by Gasteiger charge is -2.11. The van der Waals surface area contributed by atoms with Crippen LogP contribution in [0.1, 0.15) is 17.4 Å². The first-order valence-corrected chi connectivity index (χ1v) is 7.70. The fraction of sp³-hybridized carbons (Fsp3) is 0.235. The second-order valence-electron chi connectivity index (χ2n) is 5.72. The molecule has 0 fully saturated rings. The molecule has 3 N–H and O–H groups in total. The molecule has 3 rings (SSSR count). The molecule has 1 aromatic carbocycles. The van der Waals surface area contributed by atoms with Crippen molar-refractivity contribution >= 4 is 28.5 Å². The SMILES string of the molecule is Cc1cc(NC(=O)C(=O)NC[C@@H](O)c2cn(C)c3ccccc23)no1. The number of hydrogen-bond acceptors (Lipinski definition) is 5. The number of carbonyl (C=O) groups excluding carboxylic acids is 2. The third-order valence-electron chi connectivity index (χ3n) is 3.82. The van der Waals surface area contributed by atoms with Gasteiger partial charge in [-0.25, -0.2) is 0 Å². The number of carbonyl (C=O) groups is 2. The summed E-state index contributed by atoms with van der Waals surface area (Å²) in [4.78, 5) is 23.7. The van der Waals surface area contributed by atoms with Crippen LogP contribution in [-0.2, 0) is 16.6 Å². The van der Waals surface area contributed by atoms with E-state index in [1.165, 1.54) is 6.07 Å². The minimum atomic E-state index is -0.933. The Morgan fingerprint density at radius 3 is 2.80 bits per heavy atom. The first-order chi connectivity index (χ1) is 12.0. The standard InChI is InChI=1S/C17H18N4O4/c1-10-7-15(20-25-10)19-17(24)16(23)18-8-14(22)12-9-21(2)13-6-4-3-5-11(12)13/h3-7,9,14,22H,8H2,1-2H3,(H,18,23)(H,19,20,24)/t14-/m1/s1. The van der Waals surface area contributed by atoms with Crippen molar-refractivity contribution < 1.29 is 19.2 Å². The molecule has 0 aliphatic rings. The van der Waals surface area contributed by atoms with Crippen molar-refractivity contribution in [3.63, 3.8) is 0 Å². The highest BCUT2D eigenvalue weighted by molar-refractivity contribution is 6.39. The third kappa shape index (κ3) is 3.53. The fourth-order valence-corrected chi connectivity index (χ4v) is 2.62. The van der Waals surface area contributed by atoms with Crippen molar-refractivity contribution in [1.29, 1.82) is 0 Å². The quantitative estimate of drug-likeness (QED) is 0.619. The second-order valence-corrected chi connectivity index (χ2v) is 5.72. The van der Waals surface area contributed by atoms with E-state index in [0.29, 0.717) is 11.3 Å². The number of nitrogens with one attached hydrogen (secondary N) is 2. The Morgan fingerprint density at radius 2 is 2.08 bits per heavy atom. The number of fused-ring (bicyclic) bond motifs is 1. The van der Waals surface area contributed by atoms with Gasteiger partial charge in [0, 0.05) is 42.3 Å². The molecule has 0 saturated carbocycles. The molecule has 0 spiro atoms. The number of hydrogen-bond donors (Lipinski definition) is 3. The van der Waals surface area contributed by atoms with Gasteiger partial charge in [-0.3, -0.25) is 14.9 Å². The molecule has 8 nitrogen and oxygen atoms in total. The normalized spacial score (nSPS) is 12.1. The van der Waals surface area contributed by atoms with Crippen LogP contribution in [-0.4, -0.2) is 33.2 Å². The van der Waals surface area contributed by atoms with E-state index in [0.717, 1.165) is 10.9 Å². The number of rotatable bonds is 4. The Balaban J connectivity index is 1.62. The van der Waals surface area contributed by atoms with Gasteiger partial charge in [0.25, 0.3) is 0 Å². The van der Waals surface area contributed by atoms with Crippen LogP contribution in [0.5, 0.6) is 0 Å². The van der Waals surface area contributed by atoms with Crippen LogP contribution in [0, 0.1) is 6.92 Å². The lowest BCUT2D eigenvalue weighted by Crippen LogP contribution is -2.37. The van der Waals surface area contributed by atoms with E-state index < -0.39 is 17.9 Å². The molecule has 0 unspecified atom stereocenters. The molecule has 2 amide bonds. The van der Waals surface area contributed by atoms with Crippen molar-refractivity contribution in [2.45, 2.75) is 13.0 Å². The zero-order valence-electron chi connectivity index (χ0n) is 13.8. The molecular formula is C17H18N4O4. The van der Waals surface area contributed by atoms with Crippen LogP contribution < -0.4 is 10.6 Å². The Hall–Kier alpha value is -3.13. The lowest BCUT2D eigenvalue weighted by atomic mass is 10.1. The Labute approximate surface area is 143 Å². The summed E-state index contributed by atoms with van der Waals surface area (Å²) in [5.74, 6) is -1.06. The second kappa shape index (κ2) is 6.78. The maximum Gasteiger partial charge on any atom is 0.314 e. The van der Waals surface area contributed by atoms with Crippen LogP contribution >= 0.6 is 0 Å². The number of benzene rings is 1. The minimum absolute atomic E-state index is 0.0852. The van der Waals surface area contributed by atoms with Crippen molar-refractivity contribution in [2.24, 2.45) is 7.05 Å². The summed E-state index contributed by atoms with van der Waals surface area (Å²) in [6.07, 6.45) is 0.872. The first-order valence-electron chi connectivity index (χ1n) is 7.70. The maximum absolute atomic E-state index is 11.9. The summed E-state index contributed by atoms with van der Waals surface area (Å²) in [7, 11) is 1.88. The van der Waals surface area contributed by atoms with Gasteiger partial charge < -0.3 is 19.5 Å². The summed E-state index contributed by atoms with van der Waals surface area (Å²) in [5, 5.41) is 19.6. The highest BCUT2D eigenvalue weighted by Gasteiger charge is 2.19. The number of anilines is 1. The van der Waals surface area contributed by atoms with Gasteiger partial charge in [-0.2, -0.15) is 0 Å². The van der Waals surface area contributed by atoms with Gasteiger partial charge in [-0.05, 0) is 13.0 Å². The average Bonchev–Trinajstić information content (AvgIpc) is 3.16. The van der Waals surface area contributed by atoms with Crippen LogP contribution in [0.3, 0.4) is 0 Å². The summed E-state index contributed by atoms with van der Waals surface area (Å²) >= 11 is 0. The van der Waals surface area contributed by atoms with E-state index in [2.05, 4.69) is 15.8 Å². The molecular weight excluding hydrogens is 324 g/mol. The number of aliphatic hydroxyl groups excluding tert-OH is 1. The van der Waals surface area contributed by atoms with Gasteiger partial charge in [0.1, 0.15) is 5.76 Å². The number of aliphatic hydroxyl groups is 1. The van der Waals surface area contributed by atoms with Crippen molar-refractivity contribution in [1.82, 2.24) is 15.0 Å². The smallest absolute Gasteiger partial charge is 0.314 e. The first kappa shape index (κ1) is 16.7. The molecule has 3 aromatic rings. The fourth-order valence-electron chi connectivity index (χ4n) is 2.62. The summed E-state index contributed by atoms with van der Waals surface area (Å²) in [6, 6.07) is 9.13. The predicted molar refractivity (Wildman–Crippen MR) is 90.8 cm³/mol. The van der Waals surface area contributed by atoms with Crippen molar-refractivity contribution in [3.8, 4) is 0 Å². The lowest BCUT2D eigenvalue weighted by molar-refractivity contribution is -0.136. The van der Waals surface area contributed by atoms with Gasteiger partial charge in [-0.1, -0.05) is 23.4 Å². The van der Waals surface area contributed by atoms with Crippen LogP contribution in [0.25, 0.3) is 10.9 Å². The summed E-state index contributed by atoms with van der Waals surface area (Å²) in [6.45, 7) is 1.58. The van der Waals surface area contributed by atoms with Crippen LogP contribution in [0.15, 0.2) is 41.1 Å². The molecule has 0 aliphatic heterocycles. The van der Waals surface area contributed by atoms with Gasteiger partial charge in [0.05, 0.1) is 6.10 Å². The molecule has 0 aliphatic carbocycles. The zero-order chi connectivity index (χ0) is 18.0. The molecule has 0 saturated heterocycles. The highest BCUT2D eigenvalue weighted by atomic mass is 16.5. The molecule has 2 heterocycles. The van der Waals surface area contributed by atoms with Gasteiger partial charge in [-0.15, -0.1) is 0 Å². The number of para-hydroxylation sites is 1. The Morgan fingerprint density at radius 1 is 1.32 bits per heavy atom. The monoisotopic (exact) mass is 342 g/mol. The van der Waals surface area contributed by atoms with Crippen LogP contribution in [0.2, 0.25) is 0 Å². The van der Waals surface area contributed by atoms with E-state index in [1.807, 2.05) is 35.9 Å². The maximum atomic E-state index is 11.9. The summed E-state index contributed by atoms with van der Waals surface area (Å²) < 4.78 is 6.70. The Bertz CT molecular complexity index is 928. The highest BCUT2D eigenvalue weighted by Crippen LogP contribution is 2.25. The molecule has 130 valence electrons. The molecule has 25 heavy (non-hydrogen) atoms. The number of aromatic nitrogens is 2. The van der Waals surface area contributed by atoms with E-state index in [9.17, 15) is 14.7 Å². The molecule has 8 heteroatoms. The molecule has 0 radical (unpaired) electrons. The molecule has 0 bridgehead atoms. The predicted octanol–water partition coefficient (Wildman–Crippen LogP) is 1.26. The van der Waals surface area contributed by atoms with E-state index >= 15 is 0 Å². The van der Waals surface area contributed by atoms with E-state index in [-0.39, 0.29) is 12.4 Å². The van der Waals surface area contributed by atoms with Crippen LogP contribution in [0.4, 0.5) is 5.82 Å². The Kier molecular flexibility index (Phi) is 4.53. The van der Waals surface area contributed by atoms with Crippen molar-refractivity contribution in [2.75, 3.05) is 11.9 Å². The third-order valence-corrected chi connectivity index (χ3v) is 3.82. The largest absolute Gasteiger partial charge is 0.386 e. The van der Waals surface area contributed by atoms with Crippen molar-refractivity contribution in [3.05, 3.63) is 47.9 Å². The van der Waals surface area contributed by atoms with Gasteiger partial charge in [0.2, 0.25) is 0 Å². The zero-order valence-corrected chi connectivity index (χ0v) is 13.8. The van der Waals surface area contributed by atoms with E-state index in [4.69, 9.17) is 4.52 Å². The summed E-state index contributed by atoms with van der Waals surface area (Å²) in [5.41, 5.74) is 1.66. The number of amides is 2. The number of aryl methyl sites for hydroxylation is 2. The van der Waals surface area contributed by atoms with Gasteiger partial charge in [0.15, 0.2) is 5.82 Å². The average molecular weight is 342 g/mol. The molecule has 2 aromatic heterocycles. The molecule has 1 atom stereocenters. The van der Waals surface area contributed by atoms with Gasteiger partial charge >= 0.3 is 11.8 Å².